The monoisotopic (exact) mass is 364 g/mol. The first kappa shape index (κ1) is 14.5. The molecule has 0 saturated heterocycles. The lowest BCUT2D eigenvalue weighted by atomic mass is 10.0. The Kier molecular flexibility index (Phi) is 3.71. The third-order valence-electron chi connectivity index (χ3n) is 3.54. The molecular weight excluding hydrogens is 351 g/mol. The van der Waals surface area contributed by atoms with E-state index in [1.807, 2.05) is 16.7 Å². The van der Waals surface area contributed by atoms with E-state index in [9.17, 15) is 4.39 Å². The topological polar surface area (TPSA) is 20.7 Å². The third-order valence-corrected chi connectivity index (χ3v) is 4.43. The second-order valence-electron chi connectivity index (χ2n) is 5.30. The molecule has 1 aromatic heterocycles. The van der Waals surface area contributed by atoms with E-state index >= 15 is 0 Å². The van der Waals surface area contributed by atoms with Crippen LogP contribution in [-0.2, 0) is 0 Å². The molecule has 5 heteroatoms. The van der Waals surface area contributed by atoms with Gasteiger partial charge in [-0.25, -0.2) is 4.39 Å². The average molecular weight is 365 g/mol. The molecule has 108 valence electrons. The van der Waals surface area contributed by atoms with E-state index in [0.29, 0.717) is 20.7 Å². The maximum absolute atomic E-state index is 13.6. The second kappa shape index (κ2) is 5.39. The SMILES string of the molecule is CC(C)c1ccc(-n2c(=S)[nH]c3cc(F)c(Br)cc32)cc1. The lowest BCUT2D eigenvalue weighted by Gasteiger charge is -2.09. The summed E-state index contributed by atoms with van der Waals surface area (Å²) in [6, 6.07) is 11.5. The Hall–Kier alpha value is -1.46. The standard InChI is InChI=1S/C16H14BrFN2S/c1-9(2)10-3-5-11(6-4-10)20-15-7-12(17)13(18)8-14(15)19-16(20)21/h3-9H,1-2H3,(H,19,21). The molecule has 0 atom stereocenters. The van der Waals surface area contributed by atoms with Gasteiger partial charge in [0.1, 0.15) is 5.82 Å². The zero-order valence-electron chi connectivity index (χ0n) is 11.7. The van der Waals surface area contributed by atoms with E-state index in [4.69, 9.17) is 12.2 Å². The smallest absolute Gasteiger partial charge is 0.182 e. The minimum absolute atomic E-state index is 0.305. The van der Waals surface area contributed by atoms with Crippen LogP contribution in [0.2, 0.25) is 0 Å². The van der Waals surface area contributed by atoms with Crippen LogP contribution in [0.3, 0.4) is 0 Å². The fourth-order valence-electron chi connectivity index (χ4n) is 2.37. The molecule has 0 fully saturated rings. The summed E-state index contributed by atoms with van der Waals surface area (Å²) in [6.07, 6.45) is 0. The minimum atomic E-state index is -0.305. The molecule has 0 saturated carbocycles. The molecule has 0 aliphatic rings. The van der Waals surface area contributed by atoms with Gasteiger partial charge in [0.2, 0.25) is 0 Å². The average Bonchev–Trinajstić information content (AvgIpc) is 2.75. The summed E-state index contributed by atoms with van der Waals surface area (Å²) in [4.78, 5) is 3.05. The molecule has 3 aromatic rings. The van der Waals surface area contributed by atoms with Crippen molar-refractivity contribution in [1.82, 2.24) is 9.55 Å². The highest BCUT2D eigenvalue weighted by molar-refractivity contribution is 9.10. The summed E-state index contributed by atoms with van der Waals surface area (Å²) in [7, 11) is 0. The predicted molar refractivity (Wildman–Crippen MR) is 90.2 cm³/mol. The number of nitrogens with zero attached hydrogens (tertiary/aromatic N) is 1. The van der Waals surface area contributed by atoms with Gasteiger partial charge in [-0.2, -0.15) is 0 Å². The van der Waals surface area contributed by atoms with E-state index in [-0.39, 0.29) is 5.82 Å². The van der Waals surface area contributed by atoms with Crippen LogP contribution in [0.15, 0.2) is 40.9 Å². The highest BCUT2D eigenvalue weighted by Crippen LogP contribution is 2.26. The number of nitrogens with one attached hydrogen (secondary N) is 1. The Morgan fingerprint density at radius 1 is 1.19 bits per heavy atom. The second-order valence-corrected chi connectivity index (χ2v) is 6.54. The van der Waals surface area contributed by atoms with Gasteiger partial charge in [-0.1, -0.05) is 26.0 Å². The number of benzene rings is 2. The Labute approximate surface area is 135 Å². The Balaban J connectivity index is 2.22. The summed E-state index contributed by atoms with van der Waals surface area (Å²) in [5, 5.41) is 0. The normalized spacial score (nSPS) is 11.5. The van der Waals surface area contributed by atoms with Crippen molar-refractivity contribution in [2.45, 2.75) is 19.8 Å². The predicted octanol–water partition coefficient (Wildman–Crippen LogP) is 5.71. The summed E-state index contributed by atoms with van der Waals surface area (Å²) >= 11 is 8.60. The summed E-state index contributed by atoms with van der Waals surface area (Å²) in [5.74, 6) is 0.180. The Morgan fingerprint density at radius 2 is 1.86 bits per heavy atom. The zero-order valence-corrected chi connectivity index (χ0v) is 14.1. The van der Waals surface area contributed by atoms with Crippen molar-refractivity contribution in [2.24, 2.45) is 0 Å². The molecule has 0 bridgehead atoms. The van der Waals surface area contributed by atoms with Crippen LogP contribution in [-0.4, -0.2) is 9.55 Å². The van der Waals surface area contributed by atoms with Crippen LogP contribution in [0.1, 0.15) is 25.3 Å². The number of aromatic nitrogens is 2. The Bertz CT molecular complexity index is 862. The molecule has 21 heavy (non-hydrogen) atoms. The van der Waals surface area contributed by atoms with E-state index in [1.165, 1.54) is 11.6 Å². The van der Waals surface area contributed by atoms with Gasteiger partial charge < -0.3 is 4.98 Å². The third kappa shape index (κ3) is 2.56. The summed E-state index contributed by atoms with van der Waals surface area (Å²) in [5.41, 5.74) is 3.78. The van der Waals surface area contributed by atoms with E-state index in [2.05, 4.69) is 46.9 Å². The minimum Gasteiger partial charge on any atom is -0.330 e. The van der Waals surface area contributed by atoms with Gasteiger partial charge in [0.15, 0.2) is 4.77 Å². The van der Waals surface area contributed by atoms with Crippen LogP contribution in [0.25, 0.3) is 16.7 Å². The number of halogens is 2. The Morgan fingerprint density at radius 3 is 2.48 bits per heavy atom. The molecule has 1 heterocycles. The molecule has 0 amide bonds. The van der Waals surface area contributed by atoms with Crippen molar-refractivity contribution in [3.8, 4) is 5.69 Å². The number of imidazole rings is 1. The van der Waals surface area contributed by atoms with Gasteiger partial charge in [-0.05, 0) is 57.8 Å². The highest BCUT2D eigenvalue weighted by Gasteiger charge is 2.10. The number of rotatable bonds is 2. The van der Waals surface area contributed by atoms with Gasteiger partial charge in [-0.15, -0.1) is 0 Å². The van der Waals surface area contributed by atoms with Crippen molar-refractivity contribution in [1.29, 1.82) is 0 Å². The van der Waals surface area contributed by atoms with Crippen LogP contribution in [0.4, 0.5) is 4.39 Å². The molecule has 0 spiro atoms. The van der Waals surface area contributed by atoms with Gasteiger partial charge in [0.25, 0.3) is 0 Å². The first-order valence-electron chi connectivity index (χ1n) is 6.67. The molecule has 2 aromatic carbocycles. The molecule has 0 unspecified atom stereocenters. The van der Waals surface area contributed by atoms with E-state index < -0.39 is 0 Å². The first-order chi connectivity index (χ1) is 9.97. The van der Waals surface area contributed by atoms with Gasteiger partial charge in [0.05, 0.1) is 15.5 Å². The highest BCUT2D eigenvalue weighted by atomic mass is 79.9. The lowest BCUT2D eigenvalue weighted by molar-refractivity contribution is 0.623. The summed E-state index contributed by atoms with van der Waals surface area (Å²) in [6.45, 7) is 4.32. The maximum Gasteiger partial charge on any atom is 0.182 e. The molecule has 0 aliphatic heterocycles. The number of fused-ring (bicyclic) bond motifs is 1. The van der Waals surface area contributed by atoms with E-state index in [0.717, 1.165) is 11.2 Å². The van der Waals surface area contributed by atoms with Crippen LogP contribution in [0, 0.1) is 10.6 Å². The van der Waals surface area contributed by atoms with E-state index in [1.54, 1.807) is 6.07 Å². The lowest BCUT2D eigenvalue weighted by Crippen LogP contribution is -1.95. The van der Waals surface area contributed by atoms with Crippen molar-refractivity contribution < 1.29 is 4.39 Å². The largest absolute Gasteiger partial charge is 0.330 e. The van der Waals surface area contributed by atoms with Crippen LogP contribution >= 0.6 is 28.1 Å². The maximum atomic E-state index is 13.6. The summed E-state index contributed by atoms with van der Waals surface area (Å²) < 4.78 is 16.5. The molecule has 0 radical (unpaired) electrons. The molecular formula is C16H14BrFN2S. The molecule has 1 N–H and O–H groups in total. The van der Waals surface area contributed by atoms with Gasteiger partial charge in [0, 0.05) is 11.8 Å². The van der Waals surface area contributed by atoms with Crippen LogP contribution < -0.4 is 0 Å². The number of H-pyrrole nitrogens is 1. The van der Waals surface area contributed by atoms with Crippen molar-refractivity contribution in [2.75, 3.05) is 0 Å². The quantitative estimate of drug-likeness (QED) is 0.577. The molecule has 2 nitrogen and oxygen atoms in total. The van der Waals surface area contributed by atoms with Crippen LogP contribution in [0.5, 0.6) is 0 Å². The molecule has 3 rings (SSSR count). The van der Waals surface area contributed by atoms with Crippen molar-refractivity contribution in [3.63, 3.8) is 0 Å². The number of hydrogen-bond acceptors (Lipinski definition) is 1. The number of aromatic amines is 1. The first-order valence-corrected chi connectivity index (χ1v) is 7.87. The fraction of sp³-hybridized carbons (Fsp3) is 0.188. The van der Waals surface area contributed by atoms with Gasteiger partial charge in [-0.3, -0.25) is 4.57 Å². The molecule has 0 aliphatic carbocycles. The number of hydrogen-bond donors (Lipinski definition) is 1. The zero-order chi connectivity index (χ0) is 15.1. The van der Waals surface area contributed by atoms with Crippen molar-refractivity contribution >= 4 is 39.2 Å². The fourth-order valence-corrected chi connectivity index (χ4v) is 3.01. The van der Waals surface area contributed by atoms with Gasteiger partial charge >= 0.3 is 0 Å². The van der Waals surface area contributed by atoms with Crippen molar-refractivity contribution in [3.05, 3.63) is 57.0 Å².